The average molecular weight is 436 g/mol. The fourth-order valence-corrected chi connectivity index (χ4v) is 4.32. The molecule has 2 aromatic carbocycles. The van der Waals surface area contributed by atoms with E-state index in [0.29, 0.717) is 50.1 Å². The normalized spacial score (nSPS) is 15.2. The number of aryl methyl sites for hydroxylation is 1. The fraction of sp³-hybridized carbons (Fsp3) is 0.423. The van der Waals surface area contributed by atoms with Crippen LogP contribution in [0.1, 0.15) is 53.0 Å². The molecular formula is C26H33N3O3. The maximum atomic E-state index is 13.3. The summed E-state index contributed by atoms with van der Waals surface area (Å²) in [5, 5.41) is 3.00. The smallest absolute Gasteiger partial charge is 0.253 e. The molecule has 2 aromatic rings. The third-order valence-electron chi connectivity index (χ3n) is 6.23. The predicted molar refractivity (Wildman–Crippen MR) is 125 cm³/mol. The van der Waals surface area contributed by atoms with Crippen LogP contribution in [0.3, 0.4) is 0 Å². The van der Waals surface area contributed by atoms with Gasteiger partial charge in [-0.3, -0.25) is 14.4 Å². The van der Waals surface area contributed by atoms with Gasteiger partial charge in [-0.25, -0.2) is 0 Å². The minimum absolute atomic E-state index is 0.0164. The number of likely N-dealkylation sites (tertiary alicyclic amines) is 1. The Balaban J connectivity index is 1.72. The van der Waals surface area contributed by atoms with Crippen molar-refractivity contribution in [1.29, 1.82) is 0 Å². The third-order valence-corrected chi connectivity index (χ3v) is 6.23. The Morgan fingerprint density at radius 1 is 0.969 bits per heavy atom. The van der Waals surface area contributed by atoms with Gasteiger partial charge in [0.25, 0.3) is 11.8 Å². The average Bonchev–Trinajstić information content (AvgIpc) is 2.83. The highest BCUT2D eigenvalue weighted by Gasteiger charge is 2.35. The van der Waals surface area contributed by atoms with E-state index in [1.54, 1.807) is 17.0 Å². The number of rotatable bonds is 7. The van der Waals surface area contributed by atoms with Gasteiger partial charge in [0, 0.05) is 37.3 Å². The summed E-state index contributed by atoms with van der Waals surface area (Å²) in [6.45, 7) is 8.19. The molecule has 170 valence electrons. The summed E-state index contributed by atoms with van der Waals surface area (Å²) in [6, 6.07) is 16.0. The molecule has 0 bridgehead atoms. The highest BCUT2D eigenvalue weighted by molar-refractivity contribution is 5.97. The molecule has 0 saturated carbocycles. The Hall–Kier alpha value is -3.15. The molecule has 0 radical (unpaired) electrons. The van der Waals surface area contributed by atoms with Crippen molar-refractivity contribution in [3.63, 3.8) is 0 Å². The van der Waals surface area contributed by atoms with Crippen LogP contribution in [0.25, 0.3) is 0 Å². The van der Waals surface area contributed by atoms with E-state index in [4.69, 9.17) is 0 Å². The van der Waals surface area contributed by atoms with E-state index >= 15 is 0 Å². The second-order valence-electron chi connectivity index (χ2n) is 8.33. The fourth-order valence-electron chi connectivity index (χ4n) is 4.32. The quantitative estimate of drug-likeness (QED) is 0.724. The lowest BCUT2D eigenvalue weighted by Gasteiger charge is -2.37. The Bertz CT molecular complexity index is 932. The van der Waals surface area contributed by atoms with Gasteiger partial charge >= 0.3 is 0 Å². The zero-order chi connectivity index (χ0) is 23.1. The number of nitrogens with zero attached hydrogens (tertiary/aromatic N) is 2. The van der Waals surface area contributed by atoms with Crippen LogP contribution in [0.5, 0.6) is 0 Å². The van der Waals surface area contributed by atoms with Crippen LogP contribution in [-0.2, 0) is 4.79 Å². The number of hydrogen-bond acceptors (Lipinski definition) is 3. The molecule has 1 N–H and O–H groups in total. The second-order valence-corrected chi connectivity index (χ2v) is 8.33. The standard InChI is InChI=1S/C26H33N3O3/c1-4-28(5-2)26(32)23(27-24(30)21-11-7-6-8-12-21)20-14-16-29(17-15-20)25(31)22-13-9-10-19(3)18-22/h6-13,18,20,23H,4-5,14-17H2,1-3H3,(H,27,30)/t23-/m1/s1. The molecular weight excluding hydrogens is 402 g/mol. The second kappa shape index (κ2) is 10.9. The first-order chi connectivity index (χ1) is 15.4. The zero-order valence-electron chi connectivity index (χ0n) is 19.2. The Labute approximate surface area is 190 Å². The molecule has 1 heterocycles. The number of likely N-dealkylation sites (N-methyl/N-ethyl adjacent to an activating group) is 1. The van der Waals surface area contributed by atoms with Crippen LogP contribution < -0.4 is 5.32 Å². The molecule has 6 heteroatoms. The number of benzene rings is 2. The lowest BCUT2D eigenvalue weighted by molar-refractivity contribution is -0.134. The SMILES string of the molecule is CCN(CC)C(=O)[C@H](NC(=O)c1ccccc1)C1CCN(C(=O)c2cccc(C)c2)CC1. The molecule has 1 fully saturated rings. The van der Waals surface area contributed by atoms with Crippen LogP contribution in [0, 0.1) is 12.8 Å². The van der Waals surface area contributed by atoms with E-state index in [0.717, 1.165) is 5.56 Å². The van der Waals surface area contributed by atoms with Gasteiger partial charge in [-0.05, 0) is 63.8 Å². The van der Waals surface area contributed by atoms with E-state index in [9.17, 15) is 14.4 Å². The molecule has 1 aliphatic rings. The molecule has 0 aromatic heterocycles. The number of piperidine rings is 1. The molecule has 3 rings (SSSR count). The maximum Gasteiger partial charge on any atom is 0.253 e. The Morgan fingerprint density at radius 3 is 2.19 bits per heavy atom. The first-order valence-corrected chi connectivity index (χ1v) is 11.4. The van der Waals surface area contributed by atoms with Crippen molar-refractivity contribution in [2.45, 2.75) is 39.7 Å². The Morgan fingerprint density at radius 2 is 1.59 bits per heavy atom. The lowest BCUT2D eigenvalue weighted by atomic mass is 9.87. The van der Waals surface area contributed by atoms with Gasteiger partial charge in [0.1, 0.15) is 6.04 Å². The number of carbonyl (C=O) groups is 3. The van der Waals surface area contributed by atoms with E-state index in [-0.39, 0.29) is 23.6 Å². The van der Waals surface area contributed by atoms with E-state index in [1.807, 2.05) is 68.1 Å². The summed E-state index contributed by atoms with van der Waals surface area (Å²) in [5.41, 5.74) is 2.28. The molecule has 6 nitrogen and oxygen atoms in total. The molecule has 32 heavy (non-hydrogen) atoms. The molecule has 0 unspecified atom stereocenters. The van der Waals surface area contributed by atoms with Crippen LogP contribution in [-0.4, -0.2) is 59.7 Å². The number of nitrogens with one attached hydrogen (secondary N) is 1. The van der Waals surface area contributed by atoms with Crippen LogP contribution >= 0.6 is 0 Å². The maximum absolute atomic E-state index is 13.3. The summed E-state index contributed by atoms with van der Waals surface area (Å²) < 4.78 is 0. The summed E-state index contributed by atoms with van der Waals surface area (Å²) >= 11 is 0. The minimum Gasteiger partial charge on any atom is -0.341 e. The lowest BCUT2D eigenvalue weighted by Crippen LogP contribution is -2.54. The van der Waals surface area contributed by atoms with E-state index < -0.39 is 6.04 Å². The van der Waals surface area contributed by atoms with Crippen molar-refractivity contribution in [2.75, 3.05) is 26.2 Å². The van der Waals surface area contributed by atoms with E-state index in [2.05, 4.69) is 5.32 Å². The largest absolute Gasteiger partial charge is 0.341 e. The van der Waals surface area contributed by atoms with E-state index in [1.165, 1.54) is 0 Å². The topological polar surface area (TPSA) is 69.7 Å². The first-order valence-electron chi connectivity index (χ1n) is 11.4. The highest BCUT2D eigenvalue weighted by Crippen LogP contribution is 2.24. The van der Waals surface area contributed by atoms with Gasteiger partial charge in [-0.15, -0.1) is 0 Å². The predicted octanol–water partition coefficient (Wildman–Crippen LogP) is 3.51. The van der Waals surface area contributed by atoms with Gasteiger partial charge in [0.15, 0.2) is 0 Å². The van der Waals surface area contributed by atoms with Gasteiger partial charge in [0.05, 0.1) is 0 Å². The highest BCUT2D eigenvalue weighted by atomic mass is 16.2. The van der Waals surface area contributed by atoms with Gasteiger partial charge in [-0.2, -0.15) is 0 Å². The molecule has 1 aliphatic heterocycles. The molecule has 0 spiro atoms. The van der Waals surface area contributed by atoms with Crippen LogP contribution in [0.4, 0.5) is 0 Å². The van der Waals surface area contributed by atoms with Gasteiger partial charge < -0.3 is 15.1 Å². The van der Waals surface area contributed by atoms with Crippen molar-refractivity contribution >= 4 is 17.7 Å². The zero-order valence-corrected chi connectivity index (χ0v) is 19.2. The number of carbonyl (C=O) groups excluding carboxylic acids is 3. The van der Waals surface area contributed by atoms with Crippen molar-refractivity contribution < 1.29 is 14.4 Å². The van der Waals surface area contributed by atoms with Gasteiger partial charge in [-0.1, -0.05) is 35.9 Å². The van der Waals surface area contributed by atoms with Crippen LogP contribution in [0.15, 0.2) is 54.6 Å². The molecule has 1 atom stereocenters. The Kier molecular flexibility index (Phi) is 8.03. The van der Waals surface area contributed by atoms with Crippen LogP contribution in [0.2, 0.25) is 0 Å². The number of amides is 3. The summed E-state index contributed by atoms with van der Waals surface area (Å²) in [6.07, 6.45) is 1.34. The van der Waals surface area contributed by atoms with Crippen molar-refractivity contribution in [1.82, 2.24) is 15.1 Å². The summed E-state index contributed by atoms with van der Waals surface area (Å²) in [5.74, 6) is -0.290. The first kappa shape index (κ1) is 23.5. The van der Waals surface area contributed by atoms with Crippen molar-refractivity contribution in [3.8, 4) is 0 Å². The van der Waals surface area contributed by atoms with Gasteiger partial charge in [0.2, 0.25) is 5.91 Å². The van der Waals surface area contributed by atoms with Crippen molar-refractivity contribution in [2.24, 2.45) is 5.92 Å². The minimum atomic E-state index is -0.598. The summed E-state index contributed by atoms with van der Waals surface area (Å²) in [4.78, 5) is 42.6. The third kappa shape index (κ3) is 5.55. The monoisotopic (exact) mass is 435 g/mol. The number of hydrogen-bond donors (Lipinski definition) is 1. The van der Waals surface area contributed by atoms with Crippen molar-refractivity contribution in [3.05, 3.63) is 71.3 Å². The molecule has 0 aliphatic carbocycles. The molecule has 3 amide bonds. The molecule has 1 saturated heterocycles. The summed E-state index contributed by atoms with van der Waals surface area (Å²) in [7, 11) is 0.